The Morgan fingerprint density at radius 2 is 2.23 bits per heavy atom. The fourth-order valence-electron chi connectivity index (χ4n) is 1.94. The van der Waals surface area contributed by atoms with Crippen LogP contribution in [-0.4, -0.2) is 16.3 Å². The smallest absolute Gasteiger partial charge is 0.135 e. The lowest BCUT2D eigenvalue weighted by Gasteiger charge is -2.36. The van der Waals surface area contributed by atoms with Crippen LogP contribution in [0, 0.1) is 5.92 Å². The molecule has 13 heavy (non-hydrogen) atoms. The predicted molar refractivity (Wildman–Crippen MR) is 59.2 cm³/mol. The van der Waals surface area contributed by atoms with Gasteiger partial charge in [-0.05, 0) is 25.0 Å². The van der Waals surface area contributed by atoms with Crippen molar-refractivity contribution in [2.24, 2.45) is 5.92 Å². The minimum Gasteiger partial charge on any atom is -0.299 e. The molecule has 0 spiro atoms. The molecule has 2 heteroatoms. The van der Waals surface area contributed by atoms with Gasteiger partial charge >= 0.3 is 0 Å². The molecule has 0 saturated carbocycles. The van der Waals surface area contributed by atoms with Crippen molar-refractivity contribution >= 4 is 17.5 Å². The van der Waals surface area contributed by atoms with Crippen molar-refractivity contribution in [2.45, 2.75) is 51.2 Å². The maximum absolute atomic E-state index is 11.6. The van der Waals surface area contributed by atoms with E-state index in [1.807, 2.05) is 18.7 Å². The first-order chi connectivity index (χ1) is 6.11. The summed E-state index contributed by atoms with van der Waals surface area (Å²) >= 11 is 2.04. The van der Waals surface area contributed by atoms with E-state index in [-0.39, 0.29) is 0 Å². The van der Waals surface area contributed by atoms with Gasteiger partial charge in [0.2, 0.25) is 0 Å². The zero-order valence-corrected chi connectivity index (χ0v) is 9.75. The largest absolute Gasteiger partial charge is 0.299 e. The molecule has 0 N–H and O–H groups in total. The predicted octanol–water partition coefficient (Wildman–Crippen LogP) is 3.28. The molecule has 1 aliphatic rings. The lowest BCUT2D eigenvalue weighted by Crippen LogP contribution is -2.32. The summed E-state index contributed by atoms with van der Waals surface area (Å²) in [6.45, 7) is 6.51. The zero-order valence-electron chi connectivity index (χ0n) is 8.93. The zero-order chi connectivity index (χ0) is 9.90. The first-order valence-corrected chi connectivity index (χ1v) is 6.26. The first-order valence-electron chi connectivity index (χ1n) is 5.28. The van der Waals surface area contributed by atoms with Gasteiger partial charge in [0.05, 0.1) is 0 Å². The number of carbonyl (C=O) groups excluding carboxylic acids is 1. The summed E-state index contributed by atoms with van der Waals surface area (Å²) in [6.07, 6.45) is 4.11. The summed E-state index contributed by atoms with van der Waals surface area (Å²) in [4.78, 5) is 11.6. The van der Waals surface area contributed by atoms with Gasteiger partial charge in [-0.1, -0.05) is 20.8 Å². The van der Waals surface area contributed by atoms with Gasteiger partial charge in [0.15, 0.2) is 0 Å². The second kappa shape index (κ2) is 4.50. The normalized spacial score (nSPS) is 34.5. The number of rotatable bonds is 3. The van der Waals surface area contributed by atoms with E-state index >= 15 is 0 Å². The van der Waals surface area contributed by atoms with Crippen molar-refractivity contribution in [1.29, 1.82) is 0 Å². The molecule has 0 amide bonds. The van der Waals surface area contributed by atoms with Crippen LogP contribution in [-0.2, 0) is 4.79 Å². The van der Waals surface area contributed by atoms with Crippen molar-refractivity contribution in [3.8, 4) is 0 Å². The van der Waals surface area contributed by atoms with Crippen LogP contribution in [0.4, 0.5) is 0 Å². The highest BCUT2D eigenvalue weighted by Crippen LogP contribution is 2.41. The molecule has 2 atom stereocenters. The molecule has 0 unspecified atom stereocenters. The molecule has 76 valence electrons. The molecular formula is C11H20OS. The minimum absolute atomic E-state index is 0.358. The van der Waals surface area contributed by atoms with E-state index in [9.17, 15) is 4.79 Å². The summed E-state index contributed by atoms with van der Waals surface area (Å²) in [6, 6.07) is 0. The van der Waals surface area contributed by atoms with Crippen LogP contribution < -0.4 is 0 Å². The minimum atomic E-state index is 0.358. The molecule has 1 fully saturated rings. The van der Waals surface area contributed by atoms with E-state index in [0.717, 1.165) is 19.3 Å². The van der Waals surface area contributed by atoms with E-state index in [1.54, 1.807) is 0 Å². The van der Waals surface area contributed by atoms with Crippen LogP contribution in [0.15, 0.2) is 0 Å². The summed E-state index contributed by atoms with van der Waals surface area (Å²) < 4.78 is 0.369. The molecule has 1 rings (SSSR count). The number of carbonyl (C=O) groups is 1. The molecule has 1 saturated heterocycles. The van der Waals surface area contributed by atoms with E-state index in [1.165, 1.54) is 12.2 Å². The van der Waals surface area contributed by atoms with Gasteiger partial charge in [0.25, 0.3) is 0 Å². The van der Waals surface area contributed by atoms with Gasteiger partial charge in [0, 0.05) is 17.1 Å². The fourth-order valence-corrected chi connectivity index (χ4v) is 3.36. The Kier molecular flexibility index (Phi) is 3.84. The average Bonchev–Trinajstić information content (AvgIpc) is 2.17. The Morgan fingerprint density at radius 1 is 1.54 bits per heavy atom. The molecule has 1 nitrogen and oxygen atoms in total. The van der Waals surface area contributed by atoms with E-state index in [4.69, 9.17) is 0 Å². The van der Waals surface area contributed by atoms with Gasteiger partial charge in [0.1, 0.15) is 5.78 Å². The molecule has 1 heterocycles. The summed E-state index contributed by atoms with van der Waals surface area (Å²) in [5, 5.41) is 0. The Hall–Kier alpha value is 0.0200. The highest BCUT2D eigenvalue weighted by molar-refractivity contribution is 8.00. The quantitative estimate of drug-likeness (QED) is 0.695. The van der Waals surface area contributed by atoms with Crippen molar-refractivity contribution in [3.05, 3.63) is 0 Å². The van der Waals surface area contributed by atoms with Crippen LogP contribution in [0.25, 0.3) is 0 Å². The molecular weight excluding hydrogens is 180 g/mol. The van der Waals surface area contributed by atoms with Gasteiger partial charge in [-0.3, -0.25) is 4.79 Å². The summed E-state index contributed by atoms with van der Waals surface area (Å²) in [5.74, 6) is 2.00. The first kappa shape index (κ1) is 11.1. The number of ketones is 1. The third-order valence-corrected chi connectivity index (χ3v) is 4.74. The molecule has 0 aromatic heterocycles. The summed E-state index contributed by atoms with van der Waals surface area (Å²) in [5.41, 5.74) is 0. The van der Waals surface area contributed by atoms with Gasteiger partial charge in [-0.25, -0.2) is 0 Å². The van der Waals surface area contributed by atoms with Crippen LogP contribution in [0.2, 0.25) is 0 Å². The van der Waals surface area contributed by atoms with E-state index in [0.29, 0.717) is 16.4 Å². The van der Waals surface area contributed by atoms with Crippen LogP contribution in [0.1, 0.15) is 46.5 Å². The van der Waals surface area contributed by atoms with Crippen LogP contribution in [0.3, 0.4) is 0 Å². The summed E-state index contributed by atoms with van der Waals surface area (Å²) in [7, 11) is 0. The third kappa shape index (κ3) is 2.73. The lowest BCUT2D eigenvalue weighted by atomic mass is 9.87. The number of thioether (sulfide) groups is 1. The molecule has 1 aliphatic heterocycles. The standard InChI is InChI=1S/C11H20OS/c1-4-10(12)9-6-7-13-11(3,5-2)8-9/h9H,4-8H2,1-3H3/t9-,11+/m1/s1. The fraction of sp³-hybridized carbons (Fsp3) is 0.909. The van der Waals surface area contributed by atoms with Crippen molar-refractivity contribution in [2.75, 3.05) is 5.75 Å². The van der Waals surface area contributed by atoms with Crippen molar-refractivity contribution in [3.63, 3.8) is 0 Å². The Bertz CT molecular complexity index is 191. The molecule has 0 aliphatic carbocycles. The number of hydrogen-bond acceptors (Lipinski definition) is 2. The van der Waals surface area contributed by atoms with E-state index < -0.39 is 0 Å². The SMILES string of the molecule is CCC(=O)[C@@H]1CCS[C@@](C)(CC)C1. The Labute approximate surface area is 85.7 Å². The molecule has 0 bridgehead atoms. The lowest BCUT2D eigenvalue weighted by molar-refractivity contribution is -0.123. The number of hydrogen-bond donors (Lipinski definition) is 0. The van der Waals surface area contributed by atoms with Gasteiger partial charge < -0.3 is 0 Å². The van der Waals surface area contributed by atoms with Gasteiger partial charge in [-0.15, -0.1) is 0 Å². The van der Waals surface area contributed by atoms with E-state index in [2.05, 4.69) is 13.8 Å². The Balaban J connectivity index is 2.56. The Morgan fingerprint density at radius 3 is 2.77 bits per heavy atom. The molecule has 0 aromatic carbocycles. The van der Waals surface area contributed by atoms with Crippen LogP contribution in [0.5, 0.6) is 0 Å². The van der Waals surface area contributed by atoms with Crippen molar-refractivity contribution in [1.82, 2.24) is 0 Å². The van der Waals surface area contributed by atoms with Gasteiger partial charge in [-0.2, -0.15) is 11.8 Å². The maximum atomic E-state index is 11.6. The second-order valence-electron chi connectivity index (χ2n) is 4.16. The molecule has 0 aromatic rings. The topological polar surface area (TPSA) is 17.1 Å². The molecule has 0 radical (unpaired) electrons. The highest BCUT2D eigenvalue weighted by Gasteiger charge is 2.33. The van der Waals surface area contributed by atoms with Crippen LogP contribution >= 0.6 is 11.8 Å². The average molecular weight is 200 g/mol. The number of Topliss-reactive ketones (excluding diaryl/α,β-unsaturated/α-hetero) is 1. The van der Waals surface area contributed by atoms with Crippen molar-refractivity contribution < 1.29 is 4.79 Å². The third-order valence-electron chi connectivity index (χ3n) is 3.15. The monoisotopic (exact) mass is 200 g/mol. The second-order valence-corrected chi connectivity index (χ2v) is 5.84. The maximum Gasteiger partial charge on any atom is 0.135 e. The highest BCUT2D eigenvalue weighted by atomic mass is 32.2.